The summed E-state index contributed by atoms with van der Waals surface area (Å²) >= 11 is 2.02. The van der Waals surface area contributed by atoms with Gasteiger partial charge in [0.15, 0.2) is 0 Å². The van der Waals surface area contributed by atoms with Crippen LogP contribution in [0.1, 0.15) is 6.42 Å². The molecule has 0 unspecified atom stereocenters. The second-order valence-corrected chi connectivity index (χ2v) is 3.08. The van der Waals surface area contributed by atoms with Crippen molar-refractivity contribution in [3.8, 4) is 0 Å². The quantitative estimate of drug-likeness (QED) is 0.424. The predicted molar refractivity (Wildman–Crippen MR) is 41.2 cm³/mol. The maximum Gasteiger partial charge on any atom is 0.0950 e. The standard InChI is InChI=1S/C4H6O2S2.H3N/c5-8-4-1-2-7-6-3-4;/h1-3H2;1H3. The van der Waals surface area contributed by atoms with Crippen molar-refractivity contribution in [2.45, 2.75) is 6.42 Å². The average Bonchev–Trinajstić information content (AvgIpc) is 1.90. The first-order valence-electron chi connectivity index (χ1n) is 2.32. The zero-order valence-electron chi connectivity index (χ0n) is 4.96. The van der Waals surface area contributed by atoms with Gasteiger partial charge in [0.1, 0.15) is 0 Å². The zero-order chi connectivity index (χ0) is 5.82. The smallest absolute Gasteiger partial charge is 0.0950 e. The topological polar surface area (TPSA) is 61.3 Å². The van der Waals surface area contributed by atoms with Gasteiger partial charge in [-0.2, -0.15) is 0 Å². The molecule has 3 N–H and O–H groups in total. The van der Waals surface area contributed by atoms with Crippen LogP contribution in [0.3, 0.4) is 0 Å². The Morgan fingerprint density at radius 2 is 2.44 bits per heavy atom. The van der Waals surface area contributed by atoms with E-state index in [1.54, 1.807) is 0 Å². The van der Waals surface area contributed by atoms with Gasteiger partial charge in [0.2, 0.25) is 0 Å². The molecule has 0 aromatic heterocycles. The average molecular weight is 167 g/mol. The molecule has 0 saturated carbocycles. The van der Waals surface area contributed by atoms with Gasteiger partial charge in [-0.15, -0.1) is 0 Å². The summed E-state index contributed by atoms with van der Waals surface area (Å²) in [5.41, 5.74) is 0. The molecule has 0 atom stereocenters. The van der Waals surface area contributed by atoms with Crippen molar-refractivity contribution in [3.63, 3.8) is 0 Å². The molecule has 0 aliphatic carbocycles. The monoisotopic (exact) mass is 167 g/mol. The summed E-state index contributed by atoms with van der Waals surface area (Å²) in [7, 11) is 0. The van der Waals surface area contributed by atoms with E-state index >= 15 is 0 Å². The summed E-state index contributed by atoms with van der Waals surface area (Å²) in [5, 5.41) is 0. The van der Waals surface area contributed by atoms with Crippen LogP contribution in [0.5, 0.6) is 0 Å². The molecule has 0 bridgehead atoms. The first-order valence-corrected chi connectivity index (χ1v) is 3.97. The molecule has 54 valence electrons. The van der Waals surface area contributed by atoms with E-state index in [0.717, 1.165) is 17.0 Å². The Morgan fingerprint density at radius 1 is 1.67 bits per heavy atom. The van der Waals surface area contributed by atoms with E-state index in [1.807, 2.05) is 0 Å². The van der Waals surface area contributed by atoms with Gasteiger partial charge in [0.25, 0.3) is 0 Å². The highest BCUT2D eigenvalue weighted by Gasteiger charge is 2.05. The molecule has 0 spiro atoms. The van der Waals surface area contributed by atoms with Gasteiger partial charge in [-0.3, -0.25) is 0 Å². The molecule has 3 nitrogen and oxygen atoms in total. The van der Waals surface area contributed by atoms with E-state index < -0.39 is 0 Å². The third kappa shape index (κ3) is 3.00. The second kappa shape index (κ2) is 4.99. The van der Waals surface area contributed by atoms with E-state index in [-0.39, 0.29) is 6.15 Å². The SMILES string of the molecule is N.O=S=C1CCSOC1. The summed E-state index contributed by atoms with van der Waals surface area (Å²) in [4.78, 5) is 0.920. The molecule has 0 aromatic carbocycles. The van der Waals surface area contributed by atoms with Gasteiger partial charge in [-0.05, 0) is 18.5 Å². The van der Waals surface area contributed by atoms with Crippen molar-refractivity contribution in [3.05, 3.63) is 0 Å². The summed E-state index contributed by atoms with van der Waals surface area (Å²) in [6, 6.07) is 0. The molecular formula is C4H9NO2S2. The van der Waals surface area contributed by atoms with Crippen LogP contribution >= 0.6 is 12.0 Å². The lowest BCUT2D eigenvalue weighted by atomic mass is 10.3. The minimum atomic E-state index is 0. The third-order valence-electron chi connectivity index (χ3n) is 0.885. The first-order chi connectivity index (χ1) is 3.93. The first kappa shape index (κ1) is 9.16. The number of hydrogen-bond donors (Lipinski definition) is 1. The molecular weight excluding hydrogens is 158 g/mol. The maximum absolute atomic E-state index is 10.1. The van der Waals surface area contributed by atoms with Crippen molar-refractivity contribution in [1.82, 2.24) is 6.15 Å². The van der Waals surface area contributed by atoms with Gasteiger partial charge in [0, 0.05) is 5.75 Å². The van der Waals surface area contributed by atoms with Gasteiger partial charge in [0.05, 0.1) is 22.7 Å². The van der Waals surface area contributed by atoms with Crippen LogP contribution in [0, 0.1) is 0 Å². The van der Waals surface area contributed by atoms with Crippen LogP contribution in [0.4, 0.5) is 0 Å². The Bertz CT molecular complexity index is 125. The van der Waals surface area contributed by atoms with Crippen molar-refractivity contribution in [2.75, 3.05) is 12.4 Å². The molecule has 1 rings (SSSR count). The Kier molecular flexibility index (Phi) is 5.07. The van der Waals surface area contributed by atoms with E-state index in [0.29, 0.717) is 17.9 Å². The second-order valence-electron chi connectivity index (χ2n) is 1.46. The van der Waals surface area contributed by atoms with Crippen LogP contribution in [0.2, 0.25) is 0 Å². The highest BCUT2D eigenvalue weighted by atomic mass is 32.2. The summed E-state index contributed by atoms with van der Waals surface area (Å²) in [6.45, 7) is 0.541. The summed E-state index contributed by atoms with van der Waals surface area (Å²) in [6.07, 6.45) is 0.916. The van der Waals surface area contributed by atoms with Crippen LogP contribution in [-0.2, 0) is 15.4 Å². The fraction of sp³-hybridized carbons (Fsp3) is 0.750. The number of hydrogen-bond acceptors (Lipinski definition) is 4. The highest BCUT2D eigenvalue weighted by Crippen LogP contribution is 2.10. The molecule has 1 aliphatic heterocycles. The van der Waals surface area contributed by atoms with Crippen LogP contribution in [0.15, 0.2) is 0 Å². The Labute approximate surface area is 62.0 Å². The fourth-order valence-electron chi connectivity index (χ4n) is 0.460. The Hall–Kier alpha value is 0.160. The largest absolute Gasteiger partial charge is 0.344 e. The maximum atomic E-state index is 10.1. The molecule has 1 fully saturated rings. The fourth-order valence-corrected chi connectivity index (χ4v) is 1.63. The van der Waals surface area contributed by atoms with Crippen molar-refractivity contribution >= 4 is 28.2 Å². The molecule has 5 heteroatoms. The summed E-state index contributed by atoms with van der Waals surface area (Å²) in [5.74, 6) is 0.935. The van der Waals surface area contributed by atoms with Crippen molar-refractivity contribution in [1.29, 1.82) is 0 Å². The van der Waals surface area contributed by atoms with E-state index in [1.165, 1.54) is 12.0 Å². The van der Waals surface area contributed by atoms with E-state index in [2.05, 4.69) is 0 Å². The summed E-state index contributed by atoms with van der Waals surface area (Å²) < 4.78 is 15.0. The lowest BCUT2D eigenvalue weighted by Crippen LogP contribution is -2.12. The van der Waals surface area contributed by atoms with Gasteiger partial charge in [-0.25, -0.2) is 4.21 Å². The molecule has 0 aromatic rings. The Balaban J connectivity index is 0.000000640. The highest BCUT2D eigenvalue weighted by molar-refractivity contribution is 7.94. The van der Waals surface area contributed by atoms with Crippen LogP contribution < -0.4 is 6.15 Å². The molecule has 0 radical (unpaired) electrons. The molecule has 1 heterocycles. The predicted octanol–water partition coefficient (Wildman–Crippen LogP) is 0.602. The lowest BCUT2D eigenvalue weighted by molar-refractivity contribution is 0.437. The Morgan fingerprint density at radius 3 is 2.78 bits per heavy atom. The molecule has 1 saturated heterocycles. The number of rotatable bonds is 0. The van der Waals surface area contributed by atoms with Gasteiger partial charge < -0.3 is 10.3 Å². The van der Waals surface area contributed by atoms with E-state index in [9.17, 15) is 4.21 Å². The van der Waals surface area contributed by atoms with Gasteiger partial charge >= 0.3 is 0 Å². The molecule has 0 amide bonds. The van der Waals surface area contributed by atoms with Crippen molar-refractivity contribution in [2.24, 2.45) is 0 Å². The van der Waals surface area contributed by atoms with E-state index in [4.69, 9.17) is 4.18 Å². The minimum Gasteiger partial charge on any atom is -0.344 e. The molecule has 1 aliphatic rings. The van der Waals surface area contributed by atoms with Gasteiger partial charge in [-0.1, -0.05) is 0 Å². The minimum absolute atomic E-state index is 0. The van der Waals surface area contributed by atoms with Crippen LogP contribution in [-0.4, -0.2) is 21.4 Å². The normalized spacial score (nSPS) is 18.4. The van der Waals surface area contributed by atoms with Crippen LogP contribution in [0.25, 0.3) is 0 Å². The molecule has 9 heavy (non-hydrogen) atoms. The third-order valence-corrected chi connectivity index (χ3v) is 2.10. The van der Waals surface area contributed by atoms with Crippen molar-refractivity contribution < 1.29 is 8.39 Å². The lowest BCUT2D eigenvalue weighted by Gasteiger charge is -2.08. The zero-order valence-corrected chi connectivity index (χ0v) is 6.59.